The highest BCUT2D eigenvalue weighted by atomic mass is 127. The molecule has 0 radical (unpaired) electrons. The Morgan fingerprint density at radius 3 is 3.00 bits per heavy atom. The van der Waals surface area contributed by atoms with Gasteiger partial charge in [0.1, 0.15) is 0 Å². The molecule has 1 N–H and O–H groups in total. The van der Waals surface area contributed by atoms with Gasteiger partial charge in [0, 0.05) is 11.0 Å². The molecule has 1 rings (SSSR count). The minimum Gasteiger partial charge on any atom is -0.480 e. The number of aliphatic carboxylic acids is 1. The fourth-order valence-electron chi connectivity index (χ4n) is 1.61. The van der Waals surface area contributed by atoms with Gasteiger partial charge in [-0.05, 0) is 25.3 Å². The van der Waals surface area contributed by atoms with Crippen LogP contribution in [0.2, 0.25) is 0 Å². The maximum Gasteiger partial charge on any atom is 0.317 e. The molecule has 1 aliphatic rings. The number of carbonyl (C=O) groups is 1. The SMILES string of the molecule is O=C(O)CN1CCCC(CI)C1. The van der Waals surface area contributed by atoms with Crippen molar-refractivity contribution in [2.45, 2.75) is 12.8 Å². The summed E-state index contributed by atoms with van der Waals surface area (Å²) in [5.74, 6) is 0.00260. The molecule has 0 aromatic rings. The summed E-state index contributed by atoms with van der Waals surface area (Å²) >= 11 is 2.38. The van der Waals surface area contributed by atoms with Crippen molar-refractivity contribution < 1.29 is 9.90 Å². The van der Waals surface area contributed by atoms with Gasteiger partial charge in [0.15, 0.2) is 0 Å². The number of hydrogen-bond donors (Lipinski definition) is 1. The molecule has 1 atom stereocenters. The first kappa shape index (κ1) is 10.2. The minimum absolute atomic E-state index is 0.215. The average Bonchev–Trinajstić information content (AvgIpc) is 2.03. The van der Waals surface area contributed by atoms with Crippen molar-refractivity contribution in [3.63, 3.8) is 0 Å². The second-order valence-electron chi connectivity index (χ2n) is 3.29. The monoisotopic (exact) mass is 283 g/mol. The van der Waals surface area contributed by atoms with E-state index < -0.39 is 5.97 Å². The van der Waals surface area contributed by atoms with E-state index in [4.69, 9.17) is 5.11 Å². The summed E-state index contributed by atoms with van der Waals surface area (Å²) in [5.41, 5.74) is 0. The molecule has 1 fully saturated rings. The number of alkyl halides is 1. The molecule has 70 valence electrons. The van der Waals surface area contributed by atoms with Gasteiger partial charge in [-0.1, -0.05) is 22.6 Å². The third-order valence-electron chi connectivity index (χ3n) is 2.18. The summed E-state index contributed by atoms with van der Waals surface area (Å²) in [6, 6.07) is 0. The Labute approximate surface area is 86.3 Å². The summed E-state index contributed by atoms with van der Waals surface area (Å²) < 4.78 is 1.15. The maximum atomic E-state index is 10.4. The Bertz CT molecular complexity index is 163. The van der Waals surface area contributed by atoms with Crippen LogP contribution in [0, 0.1) is 5.92 Å². The lowest BCUT2D eigenvalue weighted by atomic mass is 10.0. The van der Waals surface area contributed by atoms with Gasteiger partial charge < -0.3 is 5.11 Å². The predicted molar refractivity (Wildman–Crippen MR) is 55.7 cm³/mol. The summed E-state index contributed by atoms with van der Waals surface area (Å²) in [5, 5.41) is 8.58. The number of piperidine rings is 1. The van der Waals surface area contributed by atoms with E-state index in [-0.39, 0.29) is 6.54 Å². The molecule has 0 aliphatic carbocycles. The highest BCUT2D eigenvalue weighted by molar-refractivity contribution is 14.1. The van der Waals surface area contributed by atoms with Crippen LogP contribution in [0.1, 0.15) is 12.8 Å². The van der Waals surface area contributed by atoms with Crippen LogP contribution in [0.15, 0.2) is 0 Å². The fourth-order valence-corrected chi connectivity index (χ4v) is 2.33. The van der Waals surface area contributed by atoms with Gasteiger partial charge in [-0.2, -0.15) is 0 Å². The highest BCUT2D eigenvalue weighted by Crippen LogP contribution is 2.17. The van der Waals surface area contributed by atoms with Gasteiger partial charge in [-0.15, -0.1) is 0 Å². The summed E-state index contributed by atoms with van der Waals surface area (Å²) in [7, 11) is 0. The van der Waals surface area contributed by atoms with E-state index in [1.165, 1.54) is 6.42 Å². The van der Waals surface area contributed by atoms with E-state index in [0.29, 0.717) is 5.92 Å². The third kappa shape index (κ3) is 3.26. The van der Waals surface area contributed by atoms with Crippen LogP contribution in [0.25, 0.3) is 0 Å². The molecule has 12 heavy (non-hydrogen) atoms. The number of likely N-dealkylation sites (tertiary alicyclic amines) is 1. The molecule has 3 nitrogen and oxygen atoms in total. The minimum atomic E-state index is -0.705. The molecule has 0 aromatic carbocycles. The lowest BCUT2D eigenvalue weighted by molar-refractivity contribution is -0.138. The van der Waals surface area contributed by atoms with E-state index in [1.54, 1.807) is 0 Å². The maximum absolute atomic E-state index is 10.4. The zero-order valence-electron chi connectivity index (χ0n) is 7.00. The largest absolute Gasteiger partial charge is 0.480 e. The average molecular weight is 283 g/mol. The number of carboxylic acids is 1. The van der Waals surface area contributed by atoms with Crippen molar-refractivity contribution in [3.8, 4) is 0 Å². The predicted octanol–water partition coefficient (Wildman–Crippen LogP) is 1.22. The number of carboxylic acid groups (broad SMARTS) is 1. The first-order valence-corrected chi connectivity index (χ1v) is 5.75. The van der Waals surface area contributed by atoms with Crippen molar-refractivity contribution in [1.82, 2.24) is 4.90 Å². The van der Waals surface area contributed by atoms with Crippen LogP contribution < -0.4 is 0 Å². The van der Waals surface area contributed by atoms with Gasteiger partial charge in [-0.3, -0.25) is 9.69 Å². The second kappa shape index (κ2) is 5.01. The molecule has 4 heteroatoms. The number of halogens is 1. The zero-order valence-corrected chi connectivity index (χ0v) is 9.16. The van der Waals surface area contributed by atoms with Gasteiger partial charge in [-0.25, -0.2) is 0 Å². The summed E-state index contributed by atoms with van der Waals surface area (Å²) in [4.78, 5) is 12.5. The van der Waals surface area contributed by atoms with Crippen LogP contribution in [0.4, 0.5) is 0 Å². The Morgan fingerprint density at radius 2 is 2.42 bits per heavy atom. The Kier molecular flexibility index (Phi) is 4.28. The highest BCUT2D eigenvalue weighted by Gasteiger charge is 2.19. The van der Waals surface area contributed by atoms with Crippen molar-refractivity contribution in [2.75, 3.05) is 24.1 Å². The van der Waals surface area contributed by atoms with Crippen LogP contribution in [-0.2, 0) is 4.79 Å². The fraction of sp³-hybridized carbons (Fsp3) is 0.875. The van der Waals surface area contributed by atoms with Gasteiger partial charge in [0.05, 0.1) is 6.54 Å². The lowest BCUT2D eigenvalue weighted by Gasteiger charge is -2.30. The first-order valence-electron chi connectivity index (χ1n) is 4.22. The molecule has 1 saturated heterocycles. The van der Waals surface area contributed by atoms with Gasteiger partial charge in [0.25, 0.3) is 0 Å². The molecule has 1 heterocycles. The number of rotatable bonds is 3. The molecule has 0 amide bonds. The molecular formula is C8H14INO2. The Hall–Kier alpha value is 0.160. The van der Waals surface area contributed by atoms with Crippen LogP contribution in [-0.4, -0.2) is 40.0 Å². The number of hydrogen-bond acceptors (Lipinski definition) is 2. The molecule has 0 spiro atoms. The summed E-state index contributed by atoms with van der Waals surface area (Å²) in [6.07, 6.45) is 2.42. The van der Waals surface area contributed by atoms with Crippen molar-refractivity contribution >= 4 is 28.6 Å². The van der Waals surface area contributed by atoms with Gasteiger partial charge >= 0.3 is 5.97 Å². The lowest BCUT2D eigenvalue weighted by Crippen LogP contribution is -2.39. The normalized spacial score (nSPS) is 25.6. The van der Waals surface area contributed by atoms with Crippen LogP contribution >= 0.6 is 22.6 Å². The molecule has 1 unspecified atom stereocenters. The van der Waals surface area contributed by atoms with E-state index in [1.807, 2.05) is 4.90 Å². The molecular weight excluding hydrogens is 269 g/mol. The van der Waals surface area contributed by atoms with Crippen molar-refractivity contribution in [1.29, 1.82) is 0 Å². The van der Waals surface area contributed by atoms with Crippen molar-refractivity contribution in [2.24, 2.45) is 5.92 Å². The molecule has 0 aromatic heterocycles. The first-order chi connectivity index (χ1) is 5.72. The zero-order chi connectivity index (χ0) is 8.97. The quantitative estimate of drug-likeness (QED) is 0.625. The van der Waals surface area contributed by atoms with Gasteiger partial charge in [0.2, 0.25) is 0 Å². The Morgan fingerprint density at radius 1 is 1.67 bits per heavy atom. The molecule has 0 saturated carbocycles. The van der Waals surface area contributed by atoms with E-state index in [9.17, 15) is 4.79 Å². The second-order valence-corrected chi connectivity index (χ2v) is 4.17. The van der Waals surface area contributed by atoms with Crippen LogP contribution in [0.5, 0.6) is 0 Å². The smallest absolute Gasteiger partial charge is 0.317 e. The summed E-state index contributed by atoms with van der Waals surface area (Å²) in [6.45, 7) is 2.14. The number of nitrogens with zero attached hydrogens (tertiary/aromatic N) is 1. The third-order valence-corrected chi connectivity index (χ3v) is 3.43. The Balaban J connectivity index is 2.30. The van der Waals surface area contributed by atoms with E-state index in [2.05, 4.69) is 22.6 Å². The van der Waals surface area contributed by atoms with Crippen LogP contribution in [0.3, 0.4) is 0 Å². The van der Waals surface area contributed by atoms with E-state index in [0.717, 1.165) is 23.9 Å². The van der Waals surface area contributed by atoms with E-state index >= 15 is 0 Å². The standard InChI is InChI=1S/C8H14INO2/c9-4-7-2-1-3-10(5-7)6-8(11)12/h7H,1-6H2,(H,11,12). The van der Waals surface area contributed by atoms with Crippen molar-refractivity contribution in [3.05, 3.63) is 0 Å². The molecule has 0 bridgehead atoms. The topological polar surface area (TPSA) is 40.5 Å². The molecule has 1 aliphatic heterocycles.